The topological polar surface area (TPSA) is 58.3 Å². The lowest BCUT2D eigenvalue weighted by atomic mass is 10.2. The minimum Gasteiger partial charge on any atom is -0.337 e. The number of hydrogen-bond donors (Lipinski definition) is 1. The number of nitrogens with two attached hydrogens (primary N) is 1. The van der Waals surface area contributed by atoms with Crippen molar-refractivity contribution < 1.29 is 0 Å². The Balaban J connectivity index is 2.08. The van der Waals surface area contributed by atoms with E-state index in [1.807, 2.05) is 12.4 Å². The number of hydrogen-bond acceptors (Lipinski definition) is 5. The van der Waals surface area contributed by atoms with Gasteiger partial charge < -0.3 is 15.5 Å². The first kappa shape index (κ1) is 12.3. The molecule has 2 rings (SSSR count). The molecule has 1 atom stereocenters. The van der Waals surface area contributed by atoms with E-state index < -0.39 is 0 Å². The molecule has 5 heteroatoms. The molecule has 0 amide bonds. The van der Waals surface area contributed by atoms with E-state index in [0.717, 1.165) is 24.6 Å². The molecule has 1 aromatic rings. The summed E-state index contributed by atoms with van der Waals surface area (Å²) in [5, 5.41) is 0. The van der Waals surface area contributed by atoms with Gasteiger partial charge in [-0.3, -0.25) is 0 Å². The van der Waals surface area contributed by atoms with Crippen LogP contribution in [-0.4, -0.2) is 48.1 Å². The lowest BCUT2D eigenvalue weighted by molar-refractivity contribution is 0.371. The number of rotatable bonds is 4. The second-order valence-electron chi connectivity index (χ2n) is 4.85. The number of anilines is 1. The standard InChI is InChI=1S/C12H21N5/c1-16(2)9-11-4-3-5-17(11)12-14-7-10(6-13)8-15-12/h7-8,11H,3-6,9,13H2,1-2H3. The summed E-state index contributed by atoms with van der Waals surface area (Å²) in [7, 11) is 4.21. The highest BCUT2D eigenvalue weighted by molar-refractivity contribution is 5.33. The molecule has 0 radical (unpaired) electrons. The van der Waals surface area contributed by atoms with Crippen LogP contribution in [0.1, 0.15) is 18.4 Å². The second kappa shape index (κ2) is 5.42. The van der Waals surface area contributed by atoms with E-state index in [9.17, 15) is 0 Å². The SMILES string of the molecule is CN(C)CC1CCCN1c1ncc(CN)cn1. The summed E-state index contributed by atoms with van der Waals surface area (Å²) in [6, 6.07) is 0.536. The summed E-state index contributed by atoms with van der Waals surface area (Å²) >= 11 is 0. The smallest absolute Gasteiger partial charge is 0.225 e. The molecule has 0 aliphatic carbocycles. The predicted octanol–water partition coefficient (Wildman–Crippen LogP) is 0.466. The third kappa shape index (κ3) is 2.92. The quantitative estimate of drug-likeness (QED) is 0.822. The maximum absolute atomic E-state index is 5.55. The molecule has 1 unspecified atom stereocenters. The Bertz CT molecular complexity index is 348. The molecule has 2 N–H and O–H groups in total. The molecular formula is C12H21N5. The van der Waals surface area contributed by atoms with Gasteiger partial charge in [-0.2, -0.15) is 0 Å². The molecule has 0 saturated carbocycles. The van der Waals surface area contributed by atoms with Crippen molar-refractivity contribution in [1.29, 1.82) is 0 Å². The number of likely N-dealkylation sites (N-methyl/N-ethyl adjacent to an activating group) is 1. The fourth-order valence-electron chi connectivity index (χ4n) is 2.31. The molecule has 1 aliphatic rings. The summed E-state index contributed by atoms with van der Waals surface area (Å²) in [6.07, 6.45) is 6.10. The Kier molecular flexibility index (Phi) is 3.91. The summed E-state index contributed by atoms with van der Waals surface area (Å²) < 4.78 is 0. The normalized spacial score (nSPS) is 20.2. The first-order valence-corrected chi connectivity index (χ1v) is 6.13. The molecule has 17 heavy (non-hydrogen) atoms. The van der Waals surface area contributed by atoms with Crippen LogP contribution < -0.4 is 10.6 Å². The van der Waals surface area contributed by atoms with Crippen LogP contribution in [-0.2, 0) is 6.54 Å². The third-order valence-electron chi connectivity index (χ3n) is 3.14. The first-order chi connectivity index (χ1) is 8.20. The maximum Gasteiger partial charge on any atom is 0.225 e. The van der Waals surface area contributed by atoms with E-state index in [0.29, 0.717) is 12.6 Å². The van der Waals surface area contributed by atoms with Gasteiger partial charge in [0.2, 0.25) is 5.95 Å². The van der Waals surface area contributed by atoms with E-state index in [2.05, 4.69) is 33.9 Å². The zero-order valence-corrected chi connectivity index (χ0v) is 10.6. The zero-order chi connectivity index (χ0) is 12.3. The van der Waals surface area contributed by atoms with Crippen molar-refractivity contribution in [2.24, 2.45) is 5.73 Å². The van der Waals surface area contributed by atoms with Crippen molar-refractivity contribution in [3.8, 4) is 0 Å². The molecule has 0 bridgehead atoms. The van der Waals surface area contributed by atoms with Gasteiger partial charge in [0.25, 0.3) is 0 Å². The Morgan fingerprint density at radius 1 is 1.41 bits per heavy atom. The third-order valence-corrected chi connectivity index (χ3v) is 3.14. The number of nitrogens with zero attached hydrogens (tertiary/aromatic N) is 4. The van der Waals surface area contributed by atoms with Crippen molar-refractivity contribution in [3.63, 3.8) is 0 Å². The lowest BCUT2D eigenvalue weighted by Crippen LogP contribution is -2.38. The van der Waals surface area contributed by atoms with Crippen LogP contribution >= 0.6 is 0 Å². The van der Waals surface area contributed by atoms with E-state index in [1.165, 1.54) is 12.8 Å². The monoisotopic (exact) mass is 235 g/mol. The zero-order valence-electron chi connectivity index (χ0n) is 10.6. The van der Waals surface area contributed by atoms with Gasteiger partial charge in [-0.25, -0.2) is 9.97 Å². The average molecular weight is 235 g/mol. The van der Waals surface area contributed by atoms with E-state index in [4.69, 9.17) is 5.73 Å². The molecule has 5 nitrogen and oxygen atoms in total. The van der Waals surface area contributed by atoms with Crippen LogP contribution in [0.2, 0.25) is 0 Å². The lowest BCUT2D eigenvalue weighted by Gasteiger charge is -2.27. The average Bonchev–Trinajstić information content (AvgIpc) is 2.76. The largest absolute Gasteiger partial charge is 0.337 e. The fourth-order valence-corrected chi connectivity index (χ4v) is 2.31. The second-order valence-corrected chi connectivity index (χ2v) is 4.85. The molecule has 0 aromatic carbocycles. The van der Waals surface area contributed by atoms with Crippen LogP contribution in [0.4, 0.5) is 5.95 Å². The molecule has 2 heterocycles. The molecule has 1 saturated heterocycles. The molecular weight excluding hydrogens is 214 g/mol. The van der Waals surface area contributed by atoms with Gasteiger partial charge in [-0.05, 0) is 26.9 Å². The summed E-state index contributed by atoms with van der Waals surface area (Å²) in [5.74, 6) is 0.839. The van der Waals surface area contributed by atoms with Gasteiger partial charge in [-0.15, -0.1) is 0 Å². The van der Waals surface area contributed by atoms with Gasteiger partial charge >= 0.3 is 0 Å². The van der Waals surface area contributed by atoms with Gasteiger partial charge in [0.15, 0.2) is 0 Å². The van der Waals surface area contributed by atoms with Crippen molar-refractivity contribution in [2.75, 3.05) is 32.1 Å². The Hall–Kier alpha value is -1.20. The van der Waals surface area contributed by atoms with Gasteiger partial charge in [-0.1, -0.05) is 0 Å². The molecule has 94 valence electrons. The van der Waals surface area contributed by atoms with E-state index in [1.54, 1.807) is 0 Å². The van der Waals surface area contributed by atoms with E-state index in [-0.39, 0.29) is 0 Å². The minimum absolute atomic E-state index is 0.501. The van der Waals surface area contributed by atoms with Crippen molar-refractivity contribution >= 4 is 5.95 Å². The fraction of sp³-hybridized carbons (Fsp3) is 0.667. The summed E-state index contributed by atoms with van der Waals surface area (Å²) in [6.45, 7) is 2.61. The van der Waals surface area contributed by atoms with E-state index >= 15 is 0 Å². The van der Waals surface area contributed by atoms with Gasteiger partial charge in [0, 0.05) is 43.6 Å². The molecule has 1 fully saturated rings. The van der Waals surface area contributed by atoms with Crippen molar-refractivity contribution in [3.05, 3.63) is 18.0 Å². The Morgan fingerprint density at radius 3 is 2.71 bits per heavy atom. The summed E-state index contributed by atoms with van der Waals surface area (Å²) in [4.78, 5) is 13.3. The highest BCUT2D eigenvalue weighted by Gasteiger charge is 2.26. The van der Waals surface area contributed by atoms with Crippen LogP contribution in [0.5, 0.6) is 0 Å². The number of aromatic nitrogens is 2. The van der Waals surface area contributed by atoms with Gasteiger partial charge in [0.05, 0.1) is 0 Å². The van der Waals surface area contributed by atoms with Gasteiger partial charge in [0.1, 0.15) is 0 Å². The molecule has 1 aliphatic heterocycles. The maximum atomic E-state index is 5.55. The summed E-state index contributed by atoms with van der Waals surface area (Å²) in [5.41, 5.74) is 6.53. The van der Waals surface area contributed by atoms with Crippen LogP contribution in [0.25, 0.3) is 0 Å². The minimum atomic E-state index is 0.501. The Labute approximate surface area is 103 Å². The highest BCUT2D eigenvalue weighted by Crippen LogP contribution is 2.22. The highest BCUT2D eigenvalue weighted by atomic mass is 15.3. The van der Waals surface area contributed by atoms with Crippen LogP contribution in [0, 0.1) is 0 Å². The van der Waals surface area contributed by atoms with Crippen LogP contribution in [0.3, 0.4) is 0 Å². The first-order valence-electron chi connectivity index (χ1n) is 6.13. The van der Waals surface area contributed by atoms with Crippen molar-refractivity contribution in [1.82, 2.24) is 14.9 Å². The predicted molar refractivity (Wildman–Crippen MR) is 68.8 cm³/mol. The molecule has 0 spiro atoms. The van der Waals surface area contributed by atoms with Crippen molar-refractivity contribution in [2.45, 2.75) is 25.4 Å². The van der Waals surface area contributed by atoms with Crippen LogP contribution in [0.15, 0.2) is 12.4 Å². The Morgan fingerprint density at radius 2 is 2.12 bits per heavy atom. The molecule has 1 aromatic heterocycles.